The summed E-state index contributed by atoms with van der Waals surface area (Å²) in [6, 6.07) is 1.96. The minimum atomic E-state index is -0.508. The second kappa shape index (κ2) is 5.25. The van der Waals surface area contributed by atoms with Crippen molar-refractivity contribution in [1.29, 1.82) is 0 Å². The highest BCUT2D eigenvalue weighted by Crippen LogP contribution is 2.26. The lowest BCUT2D eigenvalue weighted by atomic mass is 9.97. The van der Waals surface area contributed by atoms with Gasteiger partial charge in [-0.25, -0.2) is 0 Å². The Labute approximate surface area is 101 Å². The quantitative estimate of drug-likeness (QED) is 0.845. The normalized spacial score (nSPS) is 19.9. The van der Waals surface area contributed by atoms with Gasteiger partial charge in [-0.05, 0) is 42.9 Å². The second-order valence-corrected chi connectivity index (χ2v) is 5.69. The van der Waals surface area contributed by atoms with Crippen molar-refractivity contribution >= 4 is 11.8 Å². The van der Waals surface area contributed by atoms with Crippen molar-refractivity contribution in [2.75, 3.05) is 18.1 Å². The summed E-state index contributed by atoms with van der Waals surface area (Å²) in [5.41, 5.74) is 0.657. The van der Waals surface area contributed by atoms with Crippen LogP contribution in [0, 0.1) is 6.92 Å². The van der Waals surface area contributed by atoms with Crippen molar-refractivity contribution in [2.24, 2.45) is 0 Å². The first-order chi connectivity index (χ1) is 7.70. The molecule has 0 bridgehead atoms. The van der Waals surface area contributed by atoms with Crippen LogP contribution in [0.4, 0.5) is 0 Å². The van der Waals surface area contributed by atoms with Crippen LogP contribution in [-0.4, -0.2) is 28.8 Å². The number of aryl methyl sites for hydroxylation is 1. The predicted molar refractivity (Wildman–Crippen MR) is 66.7 cm³/mol. The summed E-state index contributed by atoms with van der Waals surface area (Å²) in [4.78, 5) is 0. The fraction of sp³-hybridized carbons (Fsp3) is 0.667. The number of thioether (sulfide) groups is 1. The number of rotatable bonds is 4. The first-order valence-corrected chi connectivity index (χ1v) is 6.89. The topological polar surface area (TPSA) is 45.4 Å². The van der Waals surface area contributed by atoms with Gasteiger partial charge in [0.25, 0.3) is 0 Å². The van der Waals surface area contributed by atoms with E-state index in [1.54, 1.807) is 6.26 Å². The van der Waals surface area contributed by atoms with Gasteiger partial charge in [0.05, 0.1) is 18.4 Å². The molecule has 0 spiro atoms. The lowest BCUT2D eigenvalue weighted by molar-refractivity contribution is 0.0316. The van der Waals surface area contributed by atoms with Crippen LogP contribution in [0.5, 0.6) is 0 Å². The van der Waals surface area contributed by atoms with Crippen LogP contribution < -0.4 is 5.32 Å². The number of furan rings is 1. The highest BCUT2D eigenvalue weighted by molar-refractivity contribution is 7.99. The molecular weight excluding hydrogens is 222 g/mol. The van der Waals surface area contributed by atoms with Crippen molar-refractivity contribution in [3.8, 4) is 0 Å². The minimum absolute atomic E-state index is 0.508. The monoisotopic (exact) mass is 241 g/mol. The zero-order chi connectivity index (χ0) is 11.4. The lowest BCUT2D eigenvalue weighted by Gasteiger charge is -2.31. The molecule has 2 N–H and O–H groups in total. The van der Waals surface area contributed by atoms with E-state index in [4.69, 9.17) is 4.42 Å². The summed E-state index contributed by atoms with van der Waals surface area (Å²) in [6.45, 7) is 3.40. The molecule has 1 aromatic heterocycles. The van der Waals surface area contributed by atoms with E-state index in [0.717, 1.165) is 30.1 Å². The van der Waals surface area contributed by atoms with Gasteiger partial charge >= 0.3 is 0 Å². The number of aliphatic hydroxyl groups is 1. The van der Waals surface area contributed by atoms with Crippen LogP contribution in [0.2, 0.25) is 0 Å². The molecule has 1 fully saturated rings. The Morgan fingerprint density at radius 1 is 1.50 bits per heavy atom. The van der Waals surface area contributed by atoms with Gasteiger partial charge in [0.2, 0.25) is 0 Å². The van der Waals surface area contributed by atoms with Crippen molar-refractivity contribution in [1.82, 2.24) is 5.32 Å². The van der Waals surface area contributed by atoms with Crippen molar-refractivity contribution in [3.63, 3.8) is 0 Å². The standard InChI is InChI=1S/C12H19NO2S/c1-10-2-5-15-11(10)8-13-9-12(14)3-6-16-7-4-12/h2,5,13-14H,3-4,6-9H2,1H3. The molecule has 90 valence electrons. The Morgan fingerprint density at radius 2 is 2.25 bits per heavy atom. The molecular formula is C12H19NO2S. The molecule has 1 aliphatic rings. The molecule has 4 heteroatoms. The first kappa shape index (κ1) is 12.0. The molecule has 0 aromatic carbocycles. The Morgan fingerprint density at radius 3 is 2.88 bits per heavy atom. The molecule has 2 heterocycles. The van der Waals surface area contributed by atoms with Gasteiger partial charge in [-0.2, -0.15) is 11.8 Å². The van der Waals surface area contributed by atoms with Crippen LogP contribution in [0.1, 0.15) is 24.2 Å². The summed E-state index contributed by atoms with van der Waals surface area (Å²) in [5.74, 6) is 3.10. The smallest absolute Gasteiger partial charge is 0.120 e. The third-order valence-corrected chi connectivity index (χ3v) is 4.12. The molecule has 0 amide bonds. The molecule has 1 saturated heterocycles. The average molecular weight is 241 g/mol. The van der Waals surface area contributed by atoms with E-state index in [2.05, 4.69) is 5.32 Å². The molecule has 0 aliphatic carbocycles. The van der Waals surface area contributed by atoms with Crippen molar-refractivity contribution in [2.45, 2.75) is 31.9 Å². The molecule has 0 unspecified atom stereocenters. The maximum absolute atomic E-state index is 10.3. The summed E-state index contributed by atoms with van der Waals surface area (Å²) in [7, 11) is 0. The van der Waals surface area contributed by atoms with E-state index in [-0.39, 0.29) is 0 Å². The van der Waals surface area contributed by atoms with Crippen LogP contribution in [-0.2, 0) is 6.54 Å². The molecule has 0 radical (unpaired) electrons. The van der Waals surface area contributed by atoms with Crippen molar-refractivity contribution < 1.29 is 9.52 Å². The van der Waals surface area contributed by atoms with Crippen LogP contribution >= 0.6 is 11.8 Å². The van der Waals surface area contributed by atoms with Gasteiger partial charge < -0.3 is 14.8 Å². The Kier molecular flexibility index (Phi) is 3.95. The number of hydrogen-bond acceptors (Lipinski definition) is 4. The van der Waals surface area contributed by atoms with Crippen molar-refractivity contribution in [3.05, 3.63) is 23.7 Å². The van der Waals surface area contributed by atoms with E-state index in [9.17, 15) is 5.11 Å². The highest BCUT2D eigenvalue weighted by atomic mass is 32.2. The fourth-order valence-electron chi connectivity index (χ4n) is 1.92. The zero-order valence-electron chi connectivity index (χ0n) is 9.66. The highest BCUT2D eigenvalue weighted by Gasteiger charge is 2.28. The van der Waals surface area contributed by atoms with Crippen LogP contribution in [0.3, 0.4) is 0 Å². The second-order valence-electron chi connectivity index (χ2n) is 4.47. The average Bonchev–Trinajstić information content (AvgIpc) is 2.65. The Hall–Kier alpha value is -0.450. The predicted octanol–water partition coefficient (Wildman–Crippen LogP) is 1.94. The summed E-state index contributed by atoms with van der Waals surface area (Å²) in [5, 5.41) is 13.5. The van der Waals surface area contributed by atoms with E-state index in [1.165, 1.54) is 5.56 Å². The summed E-state index contributed by atoms with van der Waals surface area (Å²) in [6.07, 6.45) is 3.49. The Balaban J connectivity index is 1.77. The number of hydrogen-bond donors (Lipinski definition) is 2. The van der Waals surface area contributed by atoms with E-state index in [0.29, 0.717) is 13.1 Å². The van der Waals surface area contributed by atoms with Crippen LogP contribution in [0.25, 0.3) is 0 Å². The van der Waals surface area contributed by atoms with Gasteiger partial charge in [0, 0.05) is 6.54 Å². The summed E-state index contributed by atoms with van der Waals surface area (Å²) < 4.78 is 5.34. The van der Waals surface area contributed by atoms with Gasteiger partial charge in [-0.15, -0.1) is 0 Å². The third-order valence-electron chi connectivity index (χ3n) is 3.13. The third kappa shape index (κ3) is 3.03. The summed E-state index contributed by atoms with van der Waals surface area (Å²) >= 11 is 1.92. The van der Waals surface area contributed by atoms with Gasteiger partial charge in [-0.1, -0.05) is 0 Å². The van der Waals surface area contributed by atoms with E-state index in [1.807, 2.05) is 24.8 Å². The lowest BCUT2D eigenvalue weighted by Crippen LogP contribution is -2.43. The first-order valence-electron chi connectivity index (χ1n) is 5.73. The SMILES string of the molecule is Cc1ccoc1CNCC1(O)CCSCC1. The molecule has 2 rings (SSSR count). The molecule has 0 saturated carbocycles. The van der Waals surface area contributed by atoms with Gasteiger partial charge in [-0.3, -0.25) is 0 Å². The largest absolute Gasteiger partial charge is 0.468 e. The molecule has 1 aromatic rings. The molecule has 16 heavy (non-hydrogen) atoms. The maximum atomic E-state index is 10.3. The van der Waals surface area contributed by atoms with Gasteiger partial charge in [0.15, 0.2) is 0 Å². The minimum Gasteiger partial charge on any atom is -0.468 e. The Bertz CT molecular complexity index is 332. The maximum Gasteiger partial charge on any atom is 0.120 e. The van der Waals surface area contributed by atoms with Crippen LogP contribution in [0.15, 0.2) is 16.7 Å². The van der Waals surface area contributed by atoms with E-state index >= 15 is 0 Å². The molecule has 3 nitrogen and oxygen atoms in total. The fourth-order valence-corrected chi connectivity index (χ4v) is 3.17. The molecule has 0 atom stereocenters. The van der Waals surface area contributed by atoms with Gasteiger partial charge in [0.1, 0.15) is 5.76 Å². The molecule has 1 aliphatic heterocycles. The number of nitrogens with one attached hydrogen (secondary N) is 1. The van der Waals surface area contributed by atoms with E-state index < -0.39 is 5.60 Å². The zero-order valence-corrected chi connectivity index (χ0v) is 10.5.